The molecule has 0 radical (unpaired) electrons. The summed E-state index contributed by atoms with van der Waals surface area (Å²) in [4.78, 5) is 11.8. The zero-order chi connectivity index (χ0) is 10.1. The number of ketones is 1. The van der Waals surface area contributed by atoms with Gasteiger partial charge >= 0.3 is 0 Å². The number of rotatable bonds is 3. The monoisotopic (exact) mass is 193 g/mol. The van der Waals surface area contributed by atoms with Crippen LogP contribution in [0.15, 0.2) is 4.42 Å². The van der Waals surface area contributed by atoms with E-state index < -0.39 is 0 Å². The van der Waals surface area contributed by atoms with Gasteiger partial charge in [-0.1, -0.05) is 0 Å². The second-order valence-electron chi connectivity index (χ2n) is 3.74. The summed E-state index contributed by atoms with van der Waals surface area (Å²) in [5.41, 5.74) is 1.98. The average Bonchev–Trinajstić information content (AvgIpc) is 2.63. The van der Waals surface area contributed by atoms with Crippen molar-refractivity contribution in [1.82, 2.24) is 5.32 Å². The van der Waals surface area contributed by atoms with Crippen molar-refractivity contribution in [3.63, 3.8) is 0 Å². The molecule has 76 valence electrons. The topological polar surface area (TPSA) is 42.2 Å². The maximum Gasteiger partial charge on any atom is 0.180 e. The van der Waals surface area contributed by atoms with Gasteiger partial charge in [-0.25, -0.2) is 0 Å². The van der Waals surface area contributed by atoms with Gasteiger partial charge in [0.2, 0.25) is 0 Å². The molecule has 1 aliphatic rings. The molecule has 0 fully saturated rings. The molecule has 1 aromatic rings. The van der Waals surface area contributed by atoms with Crippen molar-refractivity contribution in [3.05, 3.63) is 22.6 Å². The standard InChI is InChI=1S/C11H15NO2/c1-7-11(9(13)6-12-2)8-4-3-5-10(8)14-7/h12H,3-6H2,1-2H3. The first-order valence-corrected chi connectivity index (χ1v) is 5.03. The van der Waals surface area contributed by atoms with E-state index in [-0.39, 0.29) is 5.78 Å². The van der Waals surface area contributed by atoms with E-state index in [0.29, 0.717) is 6.54 Å². The molecular formula is C11H15NO2. The smallest absolute Gasteiger partial charge is 0.180 e. The first kappa shape index (κ1) is 9.46. The molecule has 0 aliphatic heterocycles. The number of Topliss-reactive ketones (excluding diaryl/α,β-unsaturated/α-hetero) is 1. The normalized spacial score (nSPS) is 14.4. The number of fused-ring (bicyclic) bond motifs is 1. The number of carbonyl (C=O) groups is 1. The maximum absolute atomic E-state index is 11.8. The van der Waals surface area contributed by atoms with Crippen LogP contribution in [0.5, 0.6) is 0 Å². The molecule has 2 rings (SSSR count). The number of likely N-dealkylation sites (N-methyl/N-ethyl adjacent to an activating group) is 1. The molecule has 3 heteroatoms. The quantitative estimate of drug-likeness (QED) is 0.739. The van der Waals surface area contributed by atoms with E-state index in [1.807, 2.05) is 6.92 Å². The predicted octanol–water partition coefficient (Wildman–Crippen LogP) is 1.48. The van der Waals surface area contributed by atoms with E-state index in [0.717, 1.165) is 41.9 Å². The minimum Gasteiger partial charge on any atom is -0.465 e. The van der Waals surface area contributed by atoms with Gasteiger partial charge in [-0.2, -0.15) is 0 Å². The van der Waals surface area contributed by atoms with Crippen molar-refractivity contribution in [2.45, 2.75) is 26.2 Å². The van der Waals surface area contributed by atoms with Crippen molar-refractivity contribution in [3.8, 4) is 0 Å². The highest BCUT2D eigenvalue weighted by molar-refractivity contribution is 6.00. The SMILES string of the molecule is CNCC(=O)c1c(C)oc2c1CCC2. The van der Waals surface area contributed by atoms with Crippen molar-refractivity contribution in [2.24, 2.45) is 0 Å². The number of nitrogens with one attached hydrogen (secondary N) is 1. The van der Waals surface area contributed by atoms with Gasteiger partial charge in [0.05, 0.1) is 12.1 Å². The van der Waals surface area contributed by atoms with Crippen molar-refractivity contribution in [2.75, 3.05) is 13.6 Å². The van der Waals surface area contributed by atoms with Crippen LogP contribution in [0.2, 0.25) is 0 Å². The van der Waals surface area contributed by atoms with Crippen LogP contribution >= 0.6 is 0 Å². The molecule has 0 saturated carbocycles. The van der Waals surface area contributed by atoms with Crippen molar-refractivity contribution >= 4 is 5.78 Å². The van der Waals surface area contributed by atoms with E-state index >= 15 is 0 Å². The van der Waals surface area contributed by atoms with Crippen LogP contribution in [0.3, 0.4) is 0 Å². The van der Waals surface area contributed by atoms with E-state index in [9.17, 15) is 4.79 Å². The van der Waals surface area contributed by atoms with Crippen LogP contribution in [0.25, 0.3) is 0 Å². The Labute approximate surface area is 83.5 Å². The Hall–Kier alpha value is -1.09. The number of furan rings is 1. The summed E-state index contributed by atoms with van der Waals surface area (Å²) in [6.45, 7) is 2.27. The minimum atomic E-state index is 0.150. The molecule has 0 bridgehead atoms. The minimum absolute atomic E-state index is 0.150. The van der Waals surface area contributed by atoms with Gasteiger partial charge in [-0.3, -0.25) is 4.79 Å². The first-order chi connectivity index (χ1) is 6.74. The maximum atomic E-state index is 11.8. The molecule has 0 saturated heterocycles. The zero-order valence-corrected chi connectivity index (χ0v) is 8.64. The molecule has 14 heavy (non-hydrogen) atoms. The molecular weight excluding hydrogens is 178 g/mol. The average molecular weight is 193 g/mol. The third-order valence-corrected chi connectivity index (χ3v) is 2.71. The molecule has 0 aromatic carbocycles. The van der Waals surface area contributed by atoms with E-state index in [1.165, 1.54) is 0 Å². The number of carbonyl (C=O) groups excluding carboxylic acids is 1. The third-order valence-electron chi connectivity index (χ3n) is 2.71. The molecule has 0 atom stereocenters. The summed E-state index contributed by atoms with van der Waals surface area (Å²) in [5.74, 6) is 1.97. The van der Waals surface area contributed by atoms with Gasteiger partial charge in [-0.15, -0.1) is 0 Å². The third kappa shape index (κ3) is 1.38. The van der Waals surface area contributed by atoms with Gasteiger partial charge in [-0.05, 0) is 26.8 Å². The fraction of sp³-hybridized carbons (Fsp3) is 0.545. The van der Waals surface area contributed by atoms with Crippen LogP contribution in [-0.2, 0) is 12.8 Å². The number of hydrogen-bond acceptors (Lipinski definition) is 3. The predicted molar refractivity (Wildman–Crippen MR) is 53.7 cm³/mol. The summed E-state index contributed by atoms with van der Waals surface area (Å²) in [5, 5.41) is 2.88. The Morgan fingerprint density at radius 1 is 1.50 bits per heavy atom. The molecule has 0 unspecified atom stereocenters. The van der Waals surface area contributed by atoms with Gasteiger partial charge in [0, 0.05) is 12.0 Å². The summed E-state index contributed by atoms with van der Waals surface area (Å²) in [6.07, 6.45) is 3.11. The summed E-state index contributed by atoms with van der Waals surface area (Å²) in [6, 6.07) is 0. The van der Waals surface area contributed by atoms with Crippen molar-refractivity contribution < 1.29 is 9.21 Å². The molecule has 1 N–H and O–H groups in total. The number of hydrogen-bond donors (Lipinski definition) is 1. The Kier molecular flexibility index (Phi) is 2.42. The van der Waals surface area contributed by atoms with Crippen LogP contribution in [0.1, 0.15) is 33.9 Å². The van der Waals surface area contributed by atoms with Crippen LogP contribution < -0.4 is 5.32 Å². The highest BCUT2D eigenvalue weighted by atomic mass is 16.3. The fourth-order valence-corrected chi connectivity index (χ4v) is 2.15. The molecule has 3 nitrogen and oxygen atoms in total. The molecule has 1 aromatic heterocycles. The molecule has 0 amide bonds. The lowest BCUT2D eigenvalue weighted by Crippen LogP contribution is -2.19. The highest BCUT2D eigenvalue weighted by Gasteiger charge is 2.25. The zero-order valence-electron chi connectivity index (χ0n) is 8.64. The second-order valence-corrected chi connectivity index (χ2v) is 3.74. The Morgan fingerprint density at radius 3 is 3.00 bits per heavy atom. The van der Waals surface area contributed by atoms with E-state index in [1.54, 1.807) is 7.05 Å². The van der Waals surface area contributed by atoms with Gasteiger partial charge in [0.25, 0.3) is 0 Å². The Bertz CT molecular complexity index is 366. The highest BCUT2D eigenvalue weighted by Crippen LogP contribution is 2.30. The summed E-state index contributed by atoms with van der Waals surface area (Å²) >= 11 is 0. The molecule has 1 aliphatic carbocycles. The van der Waals surface area contributed by atoms with Gasteiger partial charge in [0.15, 0.2) is 5.78 Å². The lowest BCUT2D eigenvalue weighted by molar-refractivity contribution is 0.0991. The van der Waals surface area contributed by atoms with Crippen molar-refractivity contribution in [1.29, 1.82) is 0 Å². The molecule has 1 heterocycles. The lowest BCUT2D eigenvalue weighted by atomic mass is 10.1. The Balaban J connectivity index is 2.37. The van der Waals surface area contributed by atoms with Crippen LogP contribution in [0.4, 0.5) is 0 Å². The summed E-state index contributed by atoms with van der Waals surface area (Å²) < 4.78 is 5.58. The summed E-state index contributed by atoms with van der Waals surface area (Å²) in [7, 11) is 1.79. The lowest BCUT2D eigenvalue weighted by Gasteiger charge is -2.00. The van der Waals surface area contributed by atoms with Gasteiger partial charge in [0.1, 0.15) is 11.5 Å². The fourth-order valence-electron chi connectivity index (χ4n) is 2.15. The van der Waals surface area contributed by atoms with E-state index in [4.69, 9.17) is 4.42 Å². The Morgan fingerprint density at radius 2 is 2.29 bits per heavy atom. The van der Waals surface area contributed by atoms with Gasteiger partial charge < -0.3 is 9.73 Å². The van der Waals surface area contributed by atoms with E-state index in [2.05, 4.69) is 5.32 Å². The first-order valence-electron chi connectivity index (χ1n) is 5.03. The number of aryl methyl sites for hydroxylation is 2. The van der Waals surface area contributed by atoms with Crippen LogP contribution in [0, 0.1) is 6.92 Å². The second kappa shape index (κ2) is 3.58. The largest absolute Gasteiger partial charge is 0.465 e. The van der Waals surface area contributed by atoms with Crippen LogP contribution in [-0.4, -0.2) is 19.4 Å². The molecule has 0 spiro atoms.